The molecule has 0 fully saturated rings. The molecule has 4 aromatic rings. The van der Waals surface area contributed by atoms with Crippen LogP contribution in [0.15, 0.2) is 78.9 Å². The Bertz CT molecular complexity index is 961. The van der Waals surface area contributed by atoms with Gasteiger partial charge in [0.1, 0.15) is 7.85 Å². The van der Waals surface area contributed by atoms with Gasteiger partial charge in [-0.15, -0.1) is 0 Å². The molecule has 0 saturated heterocycles. The first-order valence-corrected chi connectivity index (χ1v) is 7.54. The topological polar surface area (TPSA) is 17.8 Å². The van der Waals surface area contributed by atoms with Crippen LogP contribution < -0.4 is 16.6 Å². The van der Waals surface area contributed by atoms with Crippen LogP contribution in [0.5, 0.6) is 0 Å². The molecule has 0 aliphatic carbocycles. The van der Waals surface area contributed by atoms with Crippen LogP contribution in [0.25, 0.3) is 16.7 Å². The fourth-order valence-corrected chi connectivity index (χ4v) is 2.79. The van der Waals surface area contributed by atoms with Crippen molar-refractivity contribution in [2.24, 2.45) is 0 Å². The third kappa shape index (κ3) is 2.68. The predicted molar refractivity (Wildman–Crippen MR) is 97.9 cm³/mol. The highest BCUT2D eigenvalue weighted by Crippen LogP contribution is 2.16. The van der Waals surface area contributed by atoms with Crippen LogP contribution >= 0.6 is 0 Å². The van der Waals surface area contributed by atoms with Gasteiger partial charge in [0.25, 0.3) is 0 Å². The molecular weight excluding hydrogens is 278 g/mol. The number of benzene rings is 3. The molecule has 3 aromatic carbocycles. The van der Waals surface area contributed by atoms with Crippen LogP contribution in [-0.4, -0.2) is 24.7 Å². The van der Waals surface area contributed by atoms with Gasteiger partial charge in [-0.3, -0.25) is 0 Å². The van der Waals surface area contributed by atoms with Crippen molar-refractivity contribution in [2.45, 2.75) is 0 Å². The smallest absolute Gasteiger partial charge is 0.241 e. The van der Waals surface area contributed by atoms with E-state index in [1.807, 2.05) is 60.7 Å². The van der Waals surface area contributed by atoms with Crippen molar-refractivity contribution in [3.63, 3.8) is 0 Å². The Labute approximate surface area is 137 Å². The van der Waals surface area contributed by atoms with Crippen molar-refractivity contribution in [2.75, 3.05) is 0 Å². The average molecular weight is 291 g/mol. The molecule has 0 spiro atoms. The summed E-state index contributed by atoms with van der Waals surface area (Å²) in [5.41, 5.74) is 5.85. The average Bonchev–Trinajstić information content (AvgIpc) is 2.93. The maximum absolute atomic E-state index is 5.89. The second kappa shape index (κ2) is 5.81. The standard InChI is InChI=1S/C19H13B2N2/c20-14-7-6-8-15(13-14)21-19-22-17-11-4-5-12-18(17)23(19)16-9-2-1-3-10-16/h1-13H. The lowest BCUT2D eigenvalue weighted by atomic mass is 9.68. The number of rotatable bonds is 3. The van der Waals surface area contributed by atoms with Gasteiger partial charge in [0.05, 0.1) is 16.8 Å². The molecule has 0 amide bonds. The van der Waals surface area contributed by atoms with Crippen molar-refractivity contribution in [3.8, 4) is 5.69 Å². The van der Waals surface area contributed by atoms with Crippen molar-refractivity contribution >= 4 is 42.8 Å². The summed E-state index contributed by atoms with van der Waals surface area (Å²) in [4.78, 5) is 4.78. The quantitative estimate of drug-likeness (QED) is 0.523. The SMILES string of the molecule is [B]c1cccc([B]c2nc3ccccc3n2-c2ccccc2)c1. The van der Waals surface area contributed by atoms with Gasteiger partial charge in [-0.05, 0) is 24.3 Å². The summed E-state index contributed by atoms with van der Waals surface area (Å²) in [5.74, 6) is 0. The molecule has 0 atom stereocenters. The summed E-state index contributed by atoms with van der Waals surface area (Å²) in [6.07, 6.45) is 0. The van der Waals surface area contributed by atoms with Crippen molar-refractivity contribution < 1.29 is 0 Å². The predicted octanol–water partition coefficient (Wildman–Crippen LogP) is 1.47. The van der Waals surface area contributed by atoms with Gasteiger partial charge >= 0.3 is 0 Å². The Morgan fingerprint density at radius 1 is 0.826 bits per heavy atom. The Morgan fingerprint density at radius 2 is 1.61 bits per heavy atom. The number of nitrogens with zero attached hydrogens (tertiary/aromatic N) is 2. The molecule has 0 aliphatic rings. The van der Waals surface area contributed by atoms with Gasteiger partial charge in [-0.1, -0.05) is 65.5 Å². The zero-order valence-corrected chi connectivity index (χ0v) is 12.6. The van der Waals surface area contributed by atoms with Gasteiger partial charge in [0.15, 0.2) is 0 Å². The van der Waals surface area contributed by atoms with E-state index in [9.17, 15) is 0 Å². The van der Waals surface area contributed by atoms with E-state index in [1.54, 1.807) is 0 Å². The maximum atomic E-state index is 5.89. The Morgan fingerprint density at radius 3 is 2.43 bits per heavy atom. The first kappa shape index (κ1) is 13.9. The zero-order valence-electron chi connectivity index (χ0n) is 12.6. The van der Waals surface area contributed by atoms with Crippen LogP contribution in [0.1, 0.15) is 0 Å². The van der Waals surface area contributed by atoms with E-state index in [0.29, 0.717) is 0 Å². The molecule has 3 radical (unpaired) electrons. The first-order valence-electron chi connectivity index (χ1n) is 7.54. The molecule has 4 rings (SSSR count). The minimum Gasteiger partial charge on any atom is -0.305 e. The minimum atomic E-state index is 0.751. The van der Waals surface area contributed by atoms with Crippen LogP contribution in [0.4, 0.5) is 0 Å². The zero-order chi connectivity index (χ0) is 15.6. The maximum Gasteiger partial charge on any atom is 0.241 e. The molecule has 0 saturated carbocycles. The molecule has 4 heteroatoms. The summed E-state index contributed by atoms with van der Waals surface area (Å²) in [7, 11) is 7.95. The van der Waals surface area contributed by atoms with Crippen LogP contribution in [0.2, 0.25) is 0 Å². The molecule has 1 heterocycles. The van der Waals surface area contributed by atoms with Crippen LogP contribution in [0, 0.1) is 0 Å². The molecule has 0 aliphatic heterocycles. The second-order valence-electron chi connectivity index (χ2n) is 5.44. The first-order chi connectivity index (χ1) is 11.3. The van der Waals surface area contributed by atoms with Gasteiger partial charge < -0.3 is 4.57 Å². The van der Waals surface area contributed by atoms with Crippen molar-refractivity contribution in [1.82, 2.24) is 9.55 Å². The molecule has 0 unspecified atom stereocenters. The van der Waals surface area contributed by atoms with E-state index in [4.69, 9.17) is 12.8 Å². The molecule has 2 nitrogen and oxygen atoms in total. The second-order valence-corrected chi connectivity index (χ2v) is 5.44. The minimum absolute atomic E-state index is 0.751. The van der Waals surface area contributed by atoms with Crippen molar-refractivity contribution in [3.05, 3.63) is 78.9 Å². The van der Waals surface area contributed by atoms with E-state index < -0.39 is 0 Å². The lowest BCUT2D eigenvalue weighted by molar-refractivity contribution is 1.14. The normalized spacial score (nSPS) is 10.8. The molecule has 0 N–H and O–H groups in total. The molecule has 105 valence electrons. The molecule has 23 heavy (non-hydrogen) atoms. The molecule has 0 bridgehead atoms. The third-order valence-electron chi connectivity index (χ3n) is 3.81. The van der Waals surface area contributed by atoms with E-state index in [0.717, 1.165) is 33.4 Å². The number of imidazole rings is 1. The Hall–Kier alpha value is -2.74. The number of aromatic nitrogens is 2. The lowest BCUT2D eigenvalue weighted by Crippen LogP contribution is -2.35. The van der Waals surface area contributed by atoms with E-state index in [1.165, 1.54) is 0 Å². The van der Waals surface area contributed by atoms with E-state index in [-0.39, 0.29) is 0 Å². The highest BCUT2D eigenvalue weighted by Gasteiger charge is 2.13. The van der Waals surface area contributed by atoms with Gasteiger partial charge in [-0.2, -0.15) is 0 Å². The highest BCUT2D eigenvalue weighted by molar-refractivity contribution is 6.66. The fraction of sp³-hybridized carbons (Fsp3) is 0. The largest absolute Gasteiger partial charge is 0.305 e. The van der Waals surface area contributed by atoms with Gasteiger partial charge in [0, 0.05) is 5.69 Å². The van der Waals surface area contributed by atoms with Gasteiger partial charge in [0.2, 0.25) is 7.28 Å². The van der Waals surface area contributed by atoms with Gasteiger partial charge in [-0.25, -0.2) is 4.98 Å². The Kier molecular flexibility index (Phi) is 3.51. The number of fused-ring (bicyclic) bond motifs is 1. The van der Waals surface area contributed by atoms with E-state index in [2.05, 4.69) is 30.0 Å². The molecular formula is C19H13B2N2. The fourth-order valence-electron chi connectivity index (χ4n) is 2.79. The summed E-state index contributed by atoms with van der Waals surface area (Å²) in [5, 5.41) is 0. The third-order valence-corrected chi connectivity index (χ3v) is 3.81. The lowest BCUT2D eigenvalue weighted by Gasteiger charge is -2.09. The highest BCUT2D eigenvalue weighted by atomic mass is 15.1. The van der Waals surface area contributed by atoms with Crippen molar-refractivity contribution in [1.29, 1.82) is 0 Å². The number of hydrogen-bond acceptors (Lipinski definition) is 1. The Balaban J connectivity index is 1.89. The summed E-state index contributed by atoms with van der Waals surface area (Å²) in [6, 6.07) is 26.3. The summed E-state index contributed by atoms with van der Waals surface area (Å²) < 4.78 is 2.17. The van der Waals surface area contributed by atoms with E-state index >= 15 is 0 Å². The van der Waals surface area contributed by atoms with Crippen LogP contribution in [0.3, 0.4) is 0 Å². The monoisotopic (exact) mass is 291 g/mol. The number of para-hydroxylation sites is 3. The summed E-state index contributed by atoms with van der Waals surface area (Å²) in [6.45, 7) is 0. The summed E-state index contributed by atoms with van der Waals surface area (Å²) >= 11 is 0. The number of hydrogen-bond donors (Lipinski definition) is 0. The molecule has 1 aromatic heterocycles. The van der Waals surface area contributed by atoms with Crippen LogP contribution in [-0.2, 0) is 0 Å².